The standard InChI is InChI=1S/C18H22F2N4O4/c1-3-12-6-13(28-24-12)9-23-18(21-4-2)22-8-11-5-15-16(26-10-25-15)7-14(11)27-17(19)20/h5-7,17H,3-4,8-10H2,1-2H3,(H2,21,22,23). The van der Waals surface area contributed by atoms with Crippen LogP contribution in [-0.2, 0) is 19.5 Å². The molecule has 0 bridgehead atoms. The number of benzene rings is 1. The fourth-order valence-electron chi connectivity index (χ4n) is 2.58. The molecule has 0 amide bonds. The van der Waals surface area contributed by atoms with Gasteiger partial charge in [-0.2, -0.15) is 8.78 Å². The number of fused-ring (bicyclic) bond motifs is 1. The van der Waals surface area contributed by atoms with Gasteiger partial charge in [0.25, 0.3) is 0 Å². The van der Waals surface area contributed by atoms with Crippen molar-refractivity contribution in [1.82, 2.24) is 15.8 Å². The van der Waals surface area contributed by atoms with Gasteiger partial charge in [-0.1, -0.05) is 12.1 Å². The quantitative estimate of drug-likeness (QED) is 0.524. The fraction of sp³-hybridized carbons (Fsp3) is 0.444. The van der Waals surface area contributed by atoms with Gasteiger partial charge in [-0.15, -0.1) is 0 Å². The van der Waals surface area contributed by atoms with Crippen LogP contribution in [0, 0.1) is 0 Å². The van der Waals surface area contributed by atoms with Crippen LogP contribution in [0.2, 0.25) is 0 Å². The zero-order chi connectivity index (χ0) is 19.9. The largest absolute Gasteiger partial charge is 0.454 e. The van der Waals surface area contributed by atoms with Crippen molar-refractivity contribution in [3.05, 3.63) is 35.2 Å². The first-order valence-corrected chi connectivity index (χ1v) is 8.93. The monoisotopic (exact) mass is 396 g/mol. The lowest BCUT2D eigenvalue weighted by Gasteiger charge is -2.13. The number of ether oxygens (including phenoxy) is 3. The van der Waals surface area contributed by atoms with E-state index < -0.39 is 6.61 Å². The number of nitrogens with zero attached hydrogens (tertiary/aromatic N) is 2. The minimum absolute atomic E-state index is 0.00155. The maximum Gasteiger partial charge on any atom is 0.387 e. The van der Waals surface area contributed by atoms with E-state index in [0.29, 0.717) is 41.9 Å². The van der Waals surface area contributed by atoms with Gasteiger partial charge in [0.05, 0.1) is 18.8 Å². The minimum Gasteiger partial charge on any atom is -0.454 e. The van der Waals surface area contributed by atoms with Gasteiger partial charge >= 0.3 is 6.61 Å². The van der Waals surface area contributed by atoms with E-state index in [-0.39, 0.29) is 19.1 Å². The number of guanidine groups is 1. The number of aromatic nitrogens is 1. The van der Waals surface area contributed by atoms with Crippen molar-refractivity contribution in [2.24, 2.45) is 4.99 Å². The number of hydrogen-bond acceptors (Lipinski definition) is 6. The van der Waals surface area contributed by atoms with Gasteiger partial charge in [-0.25, -0.2) is 4.99 Å². The van der Waals surface area contributed by atoms with Crippen LogP contribution in [0.15, 0.2) is 27.7 Å². The second-order valence-electron chi connectivity index (χ2n) is 5.88. The van der Waals surface area contributed by atoms with E-state index in [0.717, 1.165) is 12.1 Å². The molecule has 1 aromatic carbocycles. The molecule has 152 valence electrons. The third kappa shape index (κ3) is 5.02. The lowest BCUT2D eigenvalue weighted by Crippen LogP contribution is -2.36. The summed E-state index contributed by atoms with van der Waals surface area (Å²) in [6.45, 7) is 2.12. The summed E-state index contributed by atoms with van der Waals surface area (Å²) in [5, 5.41) is 10.1. The van der Waals surface area contributed by atoms with Crippen molar-refractivity contribution in [2.45, 2.75) is 40.0 Å². The number of rotatable bonds is 8. The Hall–Kier alpha value is -3.04. The summed E-state index contributed by atoms with van der Waals surface area (Å²) < 4.78 is 45.8. The molecule has 0 fully saturated rings. The zero-order valence-electron chi connectivity index (χ0n) is 15.6. The molecule has 0 saturated carbocycles. The number of nitrogens with one attached hydrogen (secondary N) is 2. The van der Waals surface area contributed by atoms with Crippen LogP contribution in [0.1, 0.15) is 30.9 Å². The molecule has 10 heteroatoms. The number of aliphatic imine (C=N–C) groups is 1. The molecular weight excluding hydrogens is 374 g/mol. The Morgan fingerprint density at radius 3 is 2.68 bits per heavy atom. The van der Waals surface area contributed by atoms with Crippen molar-refractivity contribution in [2.75, 3.05) is 13.3 Å². The van der Waals surface area contributed by atoms with Gasteiger partial charge in [0.15, 0.2) is 23.2 Å². The van der Waals surface area contributed by atoms with Crippen molar-refractivity contribution in [3.63, 3.8) is 0 Å². The maximum atomic E-state index is 12.7. The summed E-state index contributed by atoms with van der Waals surface area (Å²) in [6, 6.07) is 4.85. The van der Waals surface area contributed by atoms with Crippen LogP contribution in [0.4, 0.5) is 8.78 Å². The summed E-state index contributed by atoms with van der Waals surface area (Å²) in [6.07, 6.45) is 0.786. The number of aryl methyl sites for hydroxylation is 1. The molecule has 2 heterocycles. The van der Waals surface area contributed by atoms with Crippen molar-refractivity contribution >= 4 is 5.96 Å². The highest BCUT2D eigenvalue weighted by molar-refractivity contribution is 5.79. The molecule has 0 aliphatic carbocycles. The third-order valence-corrected chi connectivity index (χ3v) is 3.92. The minimum atomic E-state index is -2.95. The van der Waals surface area contributed by atoms with E-state index in [1.54, 1.807) is 6.07 Å². The van der Waals surface area contributed by atoms with Crippen LogP contribution >= 0.6 is 0 Å². The van der Waals surface area contributed by atoms with E-state index >= 15 is 0 Å². The first kappa shape index (κ1) is 19.7. The maximum absolute atomic E-state index is 12.7. The second-order valence-corrected chi connectivity index (χ2v) is 5.88. The van der Waals surface area contributed by atoms with Crippen LogP contribution in [0.25, 0.3) is 0 Å². The fourth-order valence-corrected chi connectivity index (χ4v) is 2.58. The smallest absolute Gasteiger partial charge is 0.387 e. The third-order valence-electron chi connectivity index (χ3n) is 3.92. The van der Waals surface area contributed by atoms with Crippen LogP contribution in [0.3, 0.4) is 0 Å². The lowest BCUT2D eigenvalue weighted by molar-refractivity contribution is -0.0505. The summed E-state index contributed by atoms with van der Waals surface area (Å²) in [5.41, 5.74) is 1.32. The Morgan fingerprint density at radius 1 is 1.21 bits per heavy atom. The van der Waals surface area contributed by atoms with Gasteiger partial charge in [-0.3, -0.25) is 0 Å². The highest BCUT2D eigenvalue weighted by Gasteiger charge is 2.20. The second kappa shape index (κ2) is 9.25. The SMILES string of the molecule is CCNC(=NCc1cc2c(cc1OC(F)F)OCO2)NCc1cc(CC)no1. The molecule has 0 spiro atoms. The summed E-state index contributed by atoms with van der Waals surface area (Å²) in [5.74, 6) is 2.01. The Labute approximate surface area is 160 Å². The van der Waals surface area contributed by atoms with Gasteiger partial charge in [0, 0.05) is 24.2 Å². The van der Waals surface area contributed by atoms with Crippen molar-refractivity contribution < 1.29 is 27.5 Å². The predicted octanol–water partition coefficient (Wildman–Crippen LogP) is 2.82. The number of halogens is 2. The molecule has 28 heavy (non-hydrogen) atoms. The summed E-state index contributed by atoms with van der Waals surface area (Å²) in [4.78, 5) is 4.43. The number of hydrogen-bond donors (Lipinski definition) is 2. The molecule has 1 aliphatic rings. The van der Waals surface area contributed by atoms with E-state index in [2.05, 4.69) is 25.5 Å². The molecule has 2 N–H and O–H groups in total. The van der Waals surface area contributed by atoms with Crippen molar-refractivity contribution in [3.8, 4) is 17.2 Å². The van der Waals surface area contributed by atoms with Gasteiger partial charge in [-0.05, 0) is 19.4 Å². The Kier molecular flexibility index (Phi) is 6.51. The molecule has 0 unspecified atom stereocenters. The van der Waals surface area contributed by atoms with E-state index in [4.69, 9.17) is 14.0 Å². The Morgan fingerprint density at radius 2 is 2.00 bits per heavy atom. The molecule has 1 aromatic heterocycles. The molecule has 0 saturated heterocycles. The molecule has 0 radical (unpaired) electrons. The van der Waals surface area contributed by atoms with Gasteiger partial charge in [0.2, 0.25) is 6.79 Å². The Balaban J connectivity index is 1.72. The zero-order valence-corrected chi connectivity index (χ0v) is 15.6. The summed E-state index contributed by atoms with van der Waals surface area (Å²) in [7, 11) is 0. The average Bonchev–Trinajstić information content (AvgIpc) is 3.32. The highest BCUT2D eigenvalue weighted by Crippen LogP contribution is 2.39. The average molecular weight is 396 g/mol. The normalized spacial score (nSPS) is 13.1. The van der Waals surface area contributed by atoms with E-state index in [1.807, 2.05) is 19.9 Å². The van der Waals surface area contributed by atoms with Gasteiger partial charge < -0.3 is 29.4 Å². The van der Waals surface area contributed by atoms with Crippen molar-refractivity contribution in [1.29, 1.82) is 0 Å². The molecular formula is C18H22F2N4O4. The first-order valence-electron chi connectivity index (χ1n) is 8.93. The molecule has 1 aliphatic heterocycles. The van der Waals surface area contributed by atoms with Crippen LogP contribution in [-0.4, -0.2) is 31.1 Å². The predicted molar refractivity (Wildman–Crippen MR) is 96.7 cm³/mol. The number of alkyl halides is 2. The topological polar surface area (TPSA) is 90.1 Å². The molecule has 3 rings (SSSR count). The van der Waals surface area contributed by atoms with E-state index in [9.17, 15) is 8.78 Å². The molecule has 8 nitrogen and oxygen atoms in total. The van der Waals surface area contributed by atoms with Gasteiger partial charge in [0.1, 0.15) is 5.75 Å². The van der Waals surface area contributed by atoms with Crippen LogP contribution < -0.4 is 24.8 Å². The highest BCUT2D eigenvalue weighted by atomic mass is 19.3. The Bertz CT molecular complexity index is 826. The first-order chi connectivity index (χ1) is 13.6. The lowest BCUT2D eigenvalue weighted by atomic mass is 10.1. The van der Waals surface area contributed by atoms with E-state index in [1.165, 1.54) is 6.07 Å². The molecule has 0 atom stereocenters. The van der Waals surface area contributed by atoms with Crippen LogP contribution in [0.5, 0.6) is 17.2 Å². The molecule has 2 aromatic rings. The summed E-state index contributed by atoms with van der Waals surface area (Å²) >= 11 is 0.